The molecule has 0 bridgehead atoms. The third-order valence-corrected chi connectivity index (χ3v) is 4.10. The van der Waals surface area contributed by atoms with Crippen molar-refractivity contribution < 1.29 is 9.50 Å². The molecule has 21 heavy (non-hydrogen) atoms. The van der Waals surface area contributed by atoms with Crippen molar-refractivity contribution in [1.29, 1.82) is 0 Å². The Morgan fingerprint density at radius 1 is 1.29 bits per heavy atom. The second kappa shape index (κ2) is 7.64. The van der Waals surface area contributed by atoms with Gasteiger partial charge in [-0.2, -0.15) is 0 Å². The maximum Gasteiger partial charge on any atom is 0.123 e. The number of aromatic nitrogens is 1. The molecule has 1 atom stereocenters. The zero-order valence-corrected chi connectivity index (χ0v) is 13.2. The molecule has 0 aliphatic heterocycles. The zero-order chi connectivity index (χ0) is 15.2. The number of rotatable bonds is 7. The van der Waals surface area contributed by atoms with E-state index in [1.807, 2.05) is 6.20 Å². The Morgan fingerprint density at radius 2 is 2.00 bits per heavy atom. The molecule has 2 N–H and O–H groups in total. The second-order valence-electron chi connectivity index (χ2n) is 5.52. The number of aliphatic hydroxyl groups is 1. The standard InChI is InChI=1S/C16H21FN2OS/c1-11(2)7-16-19-9-14(21-16)8-18-10-15(20)12-3-5-13(17)6-4-12/h3-6,9,11,15,18,20H,7-8,10H2,1-2H3. The van der Waals surface area contributed by atoms with Crippen LogP contribution >= 0.6 is 11.3 Å². The van der Waals surface area contributed by atoms with Crippen molar-refractivity contribution in [3.63, 3.8) is 0 Å². The molecule has 0 saturated heterocycles. The lowest BCUT2D eigenvalue weighted by Gasteiger charge is -2.11. The fraction of sp³-hybridized carbons (Fsp3) is 0.438. The van der Waals surface area contributed by atoms with E-state index in [1.165, 1.54) is 12.1 Å². The van der Waals surface area contributed by atoms with E-state index in [1.54, 1.807) is 23.5 Å². The molecule has 3 nitrogen and oxygen atoms in total. The van der Waals surface area contributed by atoms with Crippen molar-refractivity contribution in [1.82, 2.24) is 10.3 Å². The third kappa shape index (κ3) is 5.19. The van der Waals surface area contributed by atoms with Crippen LogP contribution in [0.5, 0.6) is 0 Å². The van der Waals surface area contributed by atoms with Crippen LogP contribution in [-0.2, 0) is 13.0 Å². The predicted molar refractivity (Wildman–Crippen MR) is 83.7 cm³/mol. The summed E-state index contributed by atoms with van der Waals surface area (Å²) in [4.78, 5) is 5.56. The summed E-state index contributed by atoms with van der Waals surface area (Å²) in [5.74, 6) is 0.318. The van der Waals surface area contributed by atoms with E-state index < -0.39 is 6.10 Å². The Hall–Kier alpha value is -1.30. The summed E-state index contributed by atoms with van der Waals surface area (Å²) in [6.45, 7) is 5.48. The van der Waals surface area contributed by atoms with Crippen LogP contribution in [0.4, 0.5) is 4.39 Å². The highest BCUT2D eigenvalue weighted by Gasteiger charge is 2.08. The van der Waals surface area contributed by atoms with Gasteiger partial charge in [0.1, 0.15) is 5.82 Å². The summed E-state index contributed by atoms with van der Waals surface area (Å²) < 4.78 is 12.8. The Labute approximate surface area is 128 Å². The summed E-state index contributed by atoms with van der Waals surface area (Å²) in [6, 6.07) is 5.93. The van der Waals surface area contributed by atoms with Crippen molar-refractivity contribution in [3.8, 4) is 0 Å². The Bertz CT molecular complexity index is 554. The molecule has 0 amide bonds. The monoisotopic (exact) mass is 308 g/mol. The smallest absolute Gasteiger partial charge is 0.123 e. The van der Waals surface area contributed by atoms with Crippen LogP contribution in [0.1, 0.15) is 35.4 Å². The van der Waals surface area contributed by atoms with Crippen molar-refractivity contribution in [2.24, 2.45) is 5.92 Å². The van der Waals surface area contributed by atoms with Gasteiger partial charge in [-0.3, -0.25) is 0 Å². The van der Waals surface area contributed by atoms with Gasteiger partial charge >= 0.3 is 0 Å². The first-order valence-electron chi connectivity index (χ1n) is 7.12. The first-order valence-corrected chi connectivity index (χ1v) is 7.94. The molecule has 0 fully saturated rings. The zero-order valence-electron chi connectivity index (χ0n) is 12.3. The van der Waals surface area contributed by atoms with Gasteiger partial charge in [0.25, 0.3) is 0 Å². The Kier molecular flexibility index (Phi) is 5.85. The number of hydrogen-bond donors (Lipinski definition) is 2. The van der Waals surface area contributed by atoms with Gasteiger partial charge < -0.3 is 10.4 Å². The third-order valence-electron chi connectivity index (χ3n) is 3.08. The van der Waals surface area contributed by atoms with E-state index in [0.29, 0.717) is 24.6 Å². The van der Waals surface area contributed by atoms with Gasteiger partial charge in [-0.1, -0.05) is 26.0 Å². The Balaban J connectivity index is 1.78. The fourth-order valence-corrected chi connectivity index (χ4v) is 3.11. The van der Waals surface area contributed by atoms with E-state index in [4.69, 9.17) is 0 Å². The molecule has 1 aromatic heterocycles. The molecule has 0 aliphatic carbocycles. The van der Waals surface area contributed by atoms with Crippen LogP contribution in [0.3, 0.4) is 0 Å². The lowest BCUT2D eigenvalue weighted by Crippen LogP contribution is -2.20. The highest BCUT2D eigenvalue weighted by atomic mass is 32.1. The predicted octanol–water partition coefficient (Wildman–Crippen LogP) is 3.30. The minimum atomic E-state index is -0.631. The van der Waals surface area contributed by atoms with E-state index >= 15 is 0 Å². The summed E-state index contributed by atoms with van der Waals surface area (Å²) in [5, 5.41) is 14.4. The van der Waals surface area contributed by atoms with Gasteiger partial charge in [-0.05, 0) is 23.6 Å². The molecule has 0 saturated carbocycles. The molecule has 1 aromatic carbocycles. The van der Waals surface area contributed by atoms with Gasteiger partial charge in [0, 0.05) is 30.6 Å². The summed E-state index contributed by atoms with van der Waals surface area (Å²) >= 11 is 1.71. The van der Waals surface area contributed by atoms with E-state index in [9.17, 15) is 9.50 Å². The van der Waals surface area contributed by atoms with Crippen molar-refractivity contribution in [3.05, 3.63) is 51.7 Å². The molecule has 5 heteroatoms. The molecule has 2 aromatic rings. The molecular weight excluding hydrogens is 287 g/mol. The molecule has 1 unspecified atom stereocenters. The molecular formula is C16H21FN2OS. The SMILES string of the molecule is CC(C)Cc1ncc(CNCC(O)c2ccc(F)cc2)s1. The minimum Gasteiger partial charge on any atom is -0.387 e. The quantitative estimate of drug-likeness (QED) is 0.825. The number of hydrogen-bond acceptors (Lipinski definition) is 4. The van der Waals surface area contributed by atoms with Gasteiger partial charge in [0.05, 0.1) is 11.1 Å². The number of benzene rings is 1. The van der Waals surface area contributed by atoms with E-state index in [-0.39, 0.29) is 5.82 Å². The van der Waals surface area contributed by atoms with Crippen LogP contribution in [-0.4, -0.2) is 16.6 Å². The maximum absolute atomic E-state index is 12.8. The number of thiazole rings is 1. The molecule has 1 heterocycles. The van der Waals surface area contributed by atoms with Gasteiger partial charge in [-0.25, -0.2) is 9.37 Å². The van der Waals surface area contributed by atoms with Crippen LogP contribution in [0, 0.1) is 11.7 Å². The van der Waals surface area contributed by atoms with Crippen molar-refractivity contribution >= 4 is 11.3 Å². The van der Waals surface area contributed by atoms with Gasteiger partial charge in [0.2, 0.25) is 0 Å². The number of aliphatic hydroxyl groups excluding tert-OH is 1. The number of halogens is 1. The fourth-order valence-electron chi connectivity index (χ4n) is 2.01. The van der Waals surface area contributed by atoms with E-state index in [0.717, 1.165) is 16.3 Å². The topological polar surface area (TPSA) is 45.2 Å². The highest BCUT2D eigenvalue weighted by Crippen LogP contribution is 2.17. The van der Waals surface area contributed by atoms with Gasteiger partial charge in [0.15, 0.2) is 0 Å². The lowest BCUT2D eigenvalue weighted by molar-refractivity contribution is 0.174. The van der Waals surface area contributed by atoms with Crippen LogP contribution in [0.15, 0.2) is 30.5 Å². The van der Waals surface area contributed by atoms with Crippen molar-refractivity contribution in [2.45, 2.75) is 32.9 Å². The average molecular weight is 308 g/mol. The molecule has 0 radical (unpaired) electrons. The van der Waals surface area contributed by atoms with Crippen LogP contribution < -0.4 is 5.32 Å². The van der Waals surface area contributed by atoms with E-state index in [2.05, 4.69) is 24.1 Å². The Morgan fingerprint density at radius 3 is 2.67 bits per heavy atom. The van der Waals surface area contributed by atoms with Crippen LogP contribution in [0.2, 0.25) is 0 Å². The first kappa shape index (κ1) is 16.1. The van der Waals surface area contributed by atoms with Crippen LogP contribution in [0.25, 0.3) is 0 Å². The lowest BCUT2D eigenvalue weighted by atomic mass is 10.1. The number of nitrogens with zero attached hydrogens (tertiary/aromatic N) is 1. The molecule has 114 valence electrons. The largest absolute Gasteiger partial charge is 0.387 e. The first-order chi connectivity index (χ1) is 10.0. The summed E-state index contributed by atoms with van der Waals surface area (Å²) in [7, 11) is 0. The summed E-state index contributed by atoms with van der Waals surface area (Å²) in [5.41, 5.74) is 0.716. The average Bonchev–Trinajstić information content (AvgIpc) is 2.86. The normalized spacial score (nSPS) is 12.8. The number of nitrogens with one attached hydrogen (secondary N) is 1. The molecule has 0 aliphatic rings. The minimum absolute atomic E-state index is 0.291. The second-order valence-corrected chi connectivity index (χ2v) is 6.72. The molecule has 2 rings (SSSR count). The maximum atomic E-state index is 12.8. The van der Waals surface area contributed by atoms with Gasteiger partial charge in [-0.15, -0.1) is 11.3 Å². The summed E-state index contributed by atoms with van der Waals surface area (Å²) in [6.07, 6.45) is 2.26. The highest BCUT2D eigenvalue weighted by molar-refractivity contribution is 7.11. The van der Waals surface area contributed by atoms with Crippen molar-refractivity contribution in [2.75, 3.05) is 6.54 Å². The molecule has 0 spiro atoms.